The van der Waals surface area contributed by atoms with Crippen LogP contribution in [-0.4, -0.2) is 34.2 Å². The number of halogens is 2. The van der Waals surface area contributed by atoms with Gasteiger partial charge in [-0.25, -0.2) is 8.78 Å². The molecule has 7 heteroatoms. The Bertz CT molecular complexity index is 954. The molecule has 1 aliphatic heterocycles. The second-order valence-corrected chi connectivity index (χ2v) is 7.09. The van der Waals surface area contributed by atoms with Crippen molar-refractivity contribution in [1.82, 2.24) is 4.57 Å². The maximum absolute atomic E-state index is 14.5. The van der Waals surface area contributed by atoms with E-state index in [0.717, 1.165) is 20.0 Å². The Morgan fingerprint density at radius 3 is 2.60 bits per heavy atom. The smallest absolute Gasteiger partial charge is 0.150 e. The molecule has 5 nitrogen and oxygen atoms in total. The lowest BCUT2D eigenvalue weighted by atomic mass is 10.0. The molecule has 1 saturated heterocycles. The fourth-order valence-electron chi connectivity index (χ4n) is 3.52. The van der Waals surface area contributed by atoms with E-state index in [1.807, 2.05) is 0 Å². The molecule has 3 rings (SSSR count). The van der Waals surface area contributed by atoms with Gasteiger partial charge in [0, 0.05) is 30.6 Å². The average molecular weight is 421 g/mol. The second kappa shape index (κ2) is 11.2. The number of aromatic nitrogens is 1. The fraction of sp³-hybridized carbons (Fsp3) is 0.435. The van der Waals surface area contributed by atoms with Crippen LogP contribution in [0.3, 0.4) is 0 Å². The van der Waals surface area contributed by atoms with Crippen molar-refractivity contribution in [2.45, 2.75) is 58.0 Å². The van der Waals surface area contributed by atoms with Crippen LogP contribution >= 0.6 is 0 Å². The molecule has 2 heterocycles. The molecule has 0 bridgehead atoms. The number of unbranched alkanes of at least 4 members (excludes halogenated alkanes) is 1. The lowest BCUT2D eigenvalue weighted by Gasteiger charge is -2.20. The molecule has 1 aromatic carbocycles. The summed E-state index contributed by atoms with van der Waals surface area (Å²) < 4.78 is 35.3. The molecule has 30 heavy (non-hydrogen) atoms. The van der Waals surface area contributed by atoms with Gasteiger partial charge in [0.2, 0.25) is 0 Å². The Morgan fingerprint density at radius 1 is 1.30 bits per heavy atom. The zero-order chi connectivity index (χ0) is 22.3. The Hall–Kier alpha value is -2.35. The van der Waals surface area contributed by atoms with Crippen molar-refractivity contribution in [2.24, 2.45) is 4.99 Å². The van der Waals surface area contributed by atoms with Crippen molar-refractivity contribution in [3.05, 3.63) is 58.2 Å². The van der Waals surface area contributed by atoms with E-state index in [1.54, 1.807) is 29.8 Å². The van der Waals surface area contributed by atoms with E-state index in [0.29, 0.717) is 34.7 Å². The summed E-state index contributed by atoms with van der Waals surface area (Å²) in [5.41, 5.74) is 1.17. The third kappa shape index (κ3) is 5.41. The average Bonchev–Trinajstić information content (AvgIpc) is 3.34. The molecule has 1 fully saturated rings. The molecular weight excluding hydrogens is 390 g/mol. The van der Waals surface area contributed by atoms with Crippen molar-refractivity contribution in [2.75, 3.05) is 7.11 Å². The van der Waals surface area contributed by atoms with E-state index < -0.39 is 18.4 Å². The summed E-state index contributed by atoms with van der Waals surface area (Å²) in [6.45, 7) is 7.84. The van der Waals surface area contributed by atoms with E-state index in [4.69, 9.17) is 9.84 Å². The molecule has 1 aromatic heterocycles. The summed E-state index contributed by atoms with van der Waals surface area (Å²) in [4.78, 5) is 4.32. The van der Waals surface area contributed by atoms with Crippen molar-refractivity contribution < 1.29 is 23.7 Å². The number of hydrogen-bond acceptors (Lipinski definition) is 4. The molecule has 0 aliphatic carbocycles. The maximum Gasteiger partial charge on any atom is 0.150 e. The standard InChI is InChI=1S/C22H26F2N2O2.CH4O/c1-4-5-12-25-14(2)21-15(3)26(13-18(21)24)20-11-10-19(28-20)22(27)16-6-8-17(23)9-7-16;1-2/h6-9,12-13,19-20,22,27H,3-5,10-11H2,1-2H3;2H,1H3/b21-14+,25-12?;. The molecule has 0 amide bonds. The van der Waals surface area contributed by atoms with Crippen molar-refractivity contribution >= 4 is 18.5 Å². The van der Waals surface area contributed by atoms with Gasteiger partial charge in [-0.05, 0) is 43.9 Å². The van der Waals surface area contributed by atoms with Crippen LogP contribution in [0.1, 0.15) is 57.4 Å². The van der Waals surface area contributed by atoms with Crippen LogP contribution in [0.4, 0.5) is 8.78 Å². The van der Waals surface area contributed by atoms with Gasteiger partial charge in [-0.2, -0.15) is 0 Å². The number of aliphatic hydroxyl groups excluding tert-OH is 2. The van der Waals surface area contributed by atoms with Crippen LogP contribution in [-0.2, 0) is 4.74 Å². The number of nitrogens with zero attached hydrogens (tertiary/aromatic N) is 2. The van der Waals surface area contributed by atoms with E-state index in [-0.39, 0.29) is 11.6 Å². The maximum atomic E-state index is 14.5. The fourth-order valence-corrected chi connectivity index (χ4v) is 3.52. The quantitative estimate of drug-likeness (QED) is 0.706. The first-order chi connectivity index (χ1) is 14.4. The van der Waals surface area contributed by atoms with Gasteiger partial charge >= 0.3 is 0 Å². The minimum Gasteiger partial charge on any atom is -0.400 e. The Morgan fingerprint density at radius 2 is 1.97 bits per heavy atom. The van der Waals surface area contributed by atoms with Gasteiger partial charge in [0.25, 0.3) is 0 Å². The number of aliphatic hydroxyl groups is 2. The van der Waals surface area contributed by atoms with Crippen LogP contribution in [0.15, 0.2) is 35.5 Å². The summed E-state index contributed by atoms with van der Waals surface area (Å²) in [7, 11) is 1.00. The highest BCUT2D eigenvalue weighted by Gasteiger charge is 2.33. The number of benzene rings is 1. The van der Waals surface area contributed by atoms with Gasteiger partial charge in [0.1, 0.15) is 18.1 Å². The Balaban J connectivity index is 0.00000155. The summed E-state index contributed by atoms with van der Waals surface area (Å²) in [6.07, 6.45) is 4.48. The van der Waals surface area contributed by atoms with E-state index in [2.05, 4.69) is 18.5 Å². The highest BCUT2D eigenvalue weighted by molar-refractivity contribution is 5.64. The highest BCUT2D eigenvalue weighted by Crippen LogP contribution is 2.34. The molecule has 0 saturated carbocycles. The molecule has 3 unspecified atom stereocenters. The predicted molar refractivity (Wildman–Crippen MR) is 114 cm³/mol. The summed E-state index contributed by atoms with van der Waals surface area (Å²) >= 11 is 0. The van der Waals surface area contributed by atoms with E-state index >= 15 is 0 Å². The lowest BCUT2D eigenvalue weighted by Crippen LogP contribution is -2.32. The lowest BCUT2D eigenvalue weighted by molar-refractivity contribution is -0.0612. The van der Waals surface area contributed by atoms with Gasteiger partial charge in [-0.3, -0.25) is 4.99 Å². The number of rotatable bonds is 6. The molecule has 1 aliphatic rings. The van der Waals surface area contributed by atoms with Gasteiger partial charge in [0.05, 0.1) is 11.3 Å². The van der Waals surface area contributed by atoms with Crippen LogP contribution in [0.2, 0.25) is 0 Å². The zero-order valence-corrected chi connectivity index (χ0v) is 17.7. The first kappa shape index (κ1) is 23.9. The van der Waals surface area contributed by atoms with Crippen LogP contribution in [0.5, 0.6) is 0 Å². The van der Waals surface area contributed by atoms with Gasteiger partial charge in [-0.1, -0.05) is 32.1 Å². The molecule has 164 valence electrons. The number of aliphatic imine (C=N–C) groups is 1. The molecule has 2 aromatic rings. The molecule has 2 N–H and O–H groups in total. The normalized spacial score (nSPS) is 20.8. The number of ether oxygens (including phenoxy) is 1. The molecule has 3 atom stereocenters. The van der Waals surface area contributed by atoms with Crippen LogP contribution in [0, 0.1) is 11.6 Å². The summed E-state index contributed by atoms with van der Waals surface area (Å²) in [5, 5.41) is 18.4. The first-order valence-electron chi connectivity index (χ1n) is 10.0. The second-order valence-electron chi connectivity index (χ2n) is 7.09. The summed E-state index contributed by atoms with van der Waals surface area (Å²) in [6, 6.07) is 5.71. The van der Waals surface area contributed by atoms with Crippen molar-refractivity contribution in [3.8, 4) is 0 Å². The van der Waals surface area contributed by atoms with Crippen molar-refractivity contribution in [3.63, 3.8) is 0 Å². The Labute approximate surface area is 175 Å². The minimum atomic E-state index is -0.870. The monoisotopic (exact) mass is 420 g/mol. The third-order valence-electron chi connectivity index (χ3n) is 5.06. The van der Waals surface area contributed by atoms with E-state index in [1.165, 1.54) is 18.3 Å². The molecule has 0 radical (unpaired) electrons. The van der Waals surface area contributed by atoms with Gasteiger partial charge in [0.15, 0.2) is 5.82 Å². The highest BCUT2D eigenvalue weighted by atomic mass is 19.1. The third-order valence-corrected chi connectivity index (χ3v) is 5.06. The predicted octanol–water partition coefficient (Wildman–Crippen LogP) is 3.20. The molecular formula is C23H30F2N2O3. The largest absolute Gasteiger partial charge is 0.400 e. The Kier molecular flexibility index (Phi) is 8.89. The topological polar surface area (TPSA) is 67.0 Å². The number of hydrogen-bond donors (Lipinski definition) is 2. The van der Waals surface area contributed by atoms with Gasteiger partial charge < -0.3 is 19.5 Å². The summed E-state index contributed by atoms with van der Waals surface area (Å²) in [5.74, 6) is -0.742. The van der Waals surface area contributed by atoms with Crippen LogP contribution < -0.4 is 10.6 Å². The van der Waals surface area contributed by atoms with E-state index in [9.17, 15) is 13.9 Å². The van der Waals surface area contributed by atoms with Crippen LogP contribution in [0.25, 0.3) is 12.3 Å². The first-order valence-corrected chi connectivity index (χ1v) is 10.0. The SMILES string of the molecule is C=c1/c(=C(/C)N=CCCC)c(F)cn1C1CCC(C(O)c2ccc(F)cc2)O1.CO. The molecule has 0 spiro atoms. The minimum absolute atomic E-state index is 0.355. The van der Waals surface area contributed by atoms with Gasteiger partial charge in [-0.15, -0.1) is 0 Å². The van der Waals surface area contributed by atoms with Crippen molar-refractivity contribution in [1.29, 1.82) is 0 Å². The zero-order valence-electron chi connectivity index (χ0n) is 17.7.